The van der Waals surface area contributed by atoms with Gasteiger partial charge in [0, 0.05) is 11.4 Å². The van der Waals surface area contributed by atoms with Crippen LogP contribution in [0.2, 0.25) is 0 Å². The highest BCUT2D eigenvalue weighted by Gasteiger charge is 2.14. The fraction of sp³-hybridized carbons (Fsp3) is 0.182. The second-order valence-electron chi connectivity index (χ2n) is 6.38. The number of ether oxygens (including phenoxy) is 1. The lowest BCUT2D eigenvalue weighted by Gasteiger charge is -2.11. The van der Waals surface area contributed by atoms with Crippen LogP contribution in [0.1, 0.15) is 10.7 Å². The molecular weight excluding hydrogens is 370 g/mol. The van der Waals surface area contributed by atoms with Crippen LogP contribution in [0.5, 0.6) is 5.75 Å². The maximum absolute atomic E-state index is 12.5. The molecule has 0 aliphatic carbocycles. The zero-order chi connectivity index (χ0) is 19.2. The van der Waals surface area contributed by atoms with Gasteiger partial charge < -0.3 is 14.6 Å². The molecule has 2 aromatic heterocycles. The molecule has 142 valence electrons. The number of carbonyl (C=O) groups is 1. The van der Waals surface area contributed by atoms with Gasteiger partial charge >= 0.3 is 0 Å². The summed E-state index contributed by atoms with van der Waals surface area (Å²) in [5.41, 5.74) is 1.79. The average molecular weight is 391 g/mol. The first-order chi connectivity index (χ1) is 13.8. The number of benzene rings is 2. The summed E-state index contributed by atoms with van der Waals surface area (Å²) < 4.78 is 7.79. The highest BCUT2D eigenvalue weighted by atomic mass is 32.1. The van der Waals surface area contributed by atoms with Gasteiger partial charge in [-0.05, 0) is 42.1 Å². The van der Waals surface area contributed by atoms with Crippen molar-refractivity contribution < 1.29 is 9.53 Å². The van der Waals surface area contributed by atoms with E-state index in [0.29, 0.717) is 13.2 Å². The van der Waals surface area contributed by atoms with Gasteiger partial charge in [0.05, 0.1) is 11.0 Å². The van der Waals surface area contributed by atoms with Gasteiger partial charge in [0.2, 0.25) is 5.91 Å². The molecule has 1 N–H and O–H groups in total. The van der Waals surface area contributed by atoms with Crippen molar-refractivity contribution in [3.05, 3.63) is 82.8 Å². The van der Waals surface area contributed by atoms with Crippen molar-refractivity contribution in [2.75, 3.05) is 6.54 Å². The molecule has 0 bridgehead atoms. The van der Waals surface area contributed by atoms with Crippen LogP contribution in [0.15, 0.2) is 72.1 Å². The second kappa shape index (κ2) is 8.71. The predicted octanol–water partition coefficient (Wildman–Crippen LogP) is 4.04. The van der Waals surface area contributed by atoms with Crippen LogP contribution in [0.3, 0.4) is 0 Å². The third kappa shape index (κ3) is 4.40. The lowest BCUT2D eigenvalue weighted by atomic mass is 10.3. The molecule has 0 fully saturated rings. The summed E-state index contributed by atoms with van der Waals surface area (Å²) in [7, 11) is 0. The molecule has 1 amide bonds. The Bertz CT molecular complexity index is 1040. The third-order valence-corrected chi connectivity index (χ3v) is 5.36. The predicted molar refractivity (Wildman–Crippen MR) is 112 cm³/mol. The third-order valence-electron chi connectivity index (χ3n) is 4.42. The molecule has 0 unspecified atom stereocenters. The number of hydrogen-bond donors (Lipinski definition) is 1. The SMILES string of the molecule is O=C(Cn1c(COc2ccccc2)nc2ccccc21)NCCc1cccs1. The summed E-state index contributed by atoms with van der Waals surface area (Å²) in [6.45, 7) is 1.15. The van der Waals surface area contributed by atoms with Crippen molar-refractivity contribution >= 4 is 28.3 Å². The Morgan fingerprint density at radius 3 is 2.68 bits per heavy atom. The summed E-state index contributed by atoms with van der Waals surface area (Å²) >= 11 is 1.71. The van der Waals surface area contributed by atoms with Crippen LogP contribution < -0.4 is 10.1 Å². The molecule has 2 aromatic carbocycles. The van der Waals surface area contributed by atoms with Gasteiger partial charge in [-0.2, -0.15) is 0 Å². The molecule has 4 rings (SSSR count). The number of nitrogens with zero attached hydrogens (tertiary/aromatic N) is 2. The largest absolute Gasteiger partial charge is 0.486 e. The van der Waals surface area contributed by atoms with Gasteiger partial charge in [-0.3, -0.25) is 4.79 Å². The number of hydrogen-bond acceptors (Lipinski definition) is 4. The molecule has 0 saturated heterocycles. The zero-order valence-electron chi connectivity index (χ0n) is 15.4. The van der Waals surface area contributed by atoms with E-state index < -0.39 is 0 Å². The highest BCUT2D eigenvalue weighted by Crippen LogP contribution is 2.18. The Balaban J connectivity index is 1.45. The van der Waals surface area contributed by atoms with Crippen LogP contribution in [0, 0.1) is 0 Å². The summed E-state index contributed by atoms with van der Waals surface area (Å²) in [6.07, 6.45) is 0.845. The summed E-state index contributed by atoms with van der Waals surface area (Å²) in [4.78, 5) is 18.4. The van der Waals surface area contributed by atoms with E-state index in [9.17, 15) is 4.79 Å². The molecule has 5 nitrogen and oxygen atoms in total. The molecule has 6 heteroatoms. The molecule has 2 heterocycles. The number of para-hydroxylation sites is 3. The average Bonchev–Trinajstić information content (AvgIpc) is 3.36. The van der Waals surface area contributed by atoms with E-state index in [1.165, 1.54) is 4.88 Å². The van der Waals surface area contributed by atoms with Gasteiger partial charge in [0.1, 0.15) is 24.7 Å². The van der Waals surface area contributed by atoms with Crippen molar-refractivity contribution in [3.63, 3.8) is 0 Å². The van der Waals surface area contributed by atoms with Crippen LogP contribution >= 0.6 is 11.3 Å². The summed E-state index contributed by atoms with van der Waals surface area (Å²) in [6, 6.07) is 21.6. The molecule has 0 radical (unpaired) electrons. The van der Waals surface area contributed by atoms with Crippen molar-refractivity contribution in [2.24, 2.45) is 0 Å². The fourth-order valence-corrected chi connectivity index (χ4v) is 3.77. The van der Waals surface area contributed by atoms with Crippen molar-refractivity contribution in [2.45, 2.75) is 19.6 Å². The van der Waals surface area contributed by atoms with Crippen molar-refractivity contribution in [3.8, 4) is 5.75 Å². The molecule has 0 spiro atoms. The van der Waals surface area contributed by atoms with Gasteiger partial charge in [-0.1, -0.05) is 36.4 Å². The van der Waals surface area contributed by atoms with Crippen molar-refractivity contribution in [1.29, 1.82) is 0 Å². The topological polar surface area (TPSA) is 56.2 Å². The number of aromatic nitrogens is 2. The molecule has 0 atom stereocenters. The monoisotopic (exact) mass is 391 g/mol. The lowest BCUT2D eigenvalue weighted by Crippen LogP contribution is -2.30. The normalized spacial score (nSPS) is 10.9. The summed E-state index contributed by atoms with van der Waals surface area (Å²) in [5, 5.41) is 5.05. The Morgan fingerprint density at radius 1 is 1.04 bits per heavy atom. The quantitative estimate of drug-likeness (QED) is 0.493. The standard InChI is InChI=1S/C22H21N3O2S/c26-22(23-13-12-18-9-6-14-28-18)15-25-20-11-5-4-10-19(20)24-21(25)16-27-17-7-2-1-3-8-17/h1-11,14H,12-13,15-16H2,(H,23,26). The number of fused-ring (bicyclic) bond motifs is 1. The minimum absolute atomic E-state index is 0.0272. The van der Waals surface area contributed by atoms with Gasteiger partial charge in [0.15, 0.2) is 0 Å². The summed E-state index contributed by atoms with van der Waals surface area (Å²) in [5.74, 6) is 1.49. The number of imidazole rings is 1. The molecule has 4 aromatic rings. The Labute approximate surface area is 167 Å². The van der Waals surface area contributed by atoms with E-state index in [1.54, 1.807) is 11.3 Å². The first-order valence-electron chi connectivity index (χ1n) is 9.20. The number of nitrogens with one attached hydrogen (secondary N) is 1. The van der Waals surface area contributed by atoms with Crippen LogP contribution in [0.4, 0.5) is 0 Å². The molecule has 0 saturated carbocycles. The van der Waals surface area contributed by atoms with E-state index in [-0.39, 0.29) is 12.5 Å². The Morgan fingerprint density at radius 2 is 1.86 bits per heavy atom. The minimum atomic E-state index is -0.0272. The van der Waals surface area contributed by atoms with E-state index in [2.05, 4.69) is 16.4 Å². The maximum Gasteiger partial charge on any atom is 0.240 e. The Hall–Kier alpha value is -3.12. The lowest BCUT2D eigenvalue weighted by molar-refractivity contribution is -0.121. The molecular formula is C22H21N3O2S. The Kier molecular flexibility index (Phi) is 5.68. The molecule has 0 aliphatic heterocycles. The minimum Gasteiger partial charge on any atom is -0.486 e. The van der Waals surface area contributed by atoms with Crippen LogP contribution in [0.25, 0.3) is 11.0 Å². The van der Waals surface area contributed by atoms with Gasteiger partial charge in [0.25, 0.3) is 0 Å². The van der Waals surface area contributed by atoms with Crippen LogP contribution in [-0.2, 0) is 24.4 Å². The molecule has 0 aliphatic rings. The molecule has 28 heavy (non-hydrogen) atoms. The first kappa shape index (κ1) is 18.3. The number of carbonyl (C=O) groups excluding carboxylic acids is 1. The van der Waals surface area contributed by atoms with Gasteiger partial charge in [-0.25, -0.2) is 4.98 Å². The number of amides is 1. The maximum atomic E-state index is 12.5. The van der Waals surface area contributed by atoms with Crippen LogP contribution in [-0.4, -0.2) is 22.0 Å². The van der Waals surface area contributed by atoms with E-state index in [0.717, 1.165) is 29.0 Å². The first-order valence-corrected chi connectivity index (χ1v) is 10.1. The highest BCUT2D eigenvalue weighted by molar-refractivity contribution is 7.09. The smallest absolute Gasteiger partial charge is 0.240 e. The number of rotatable bonds is 8. The van der Waals surface area contributed by atoms with Crippen molar-refractivity contribution in [1.82, 2.24) is 14.9 Å². The fourth-order valence-electron chi connectivity index (χ4n) is 3.06. The van der Waals surface area contributed by atoms with Gasteiger partial charge in [-0.15, -0.1) is 11.3 Å². The number of thiophene rings is 1. The van der Waals surface area contributed by atoms with E-state index in [1.807, 2.05) is 70.6 Å². The van der Waals surface area contributed by atoms with E-state index >= 15 is 0 Å². The second-order valence-corrected chi connectivity index (χ2v) is 7.42. The zero-order valence-corrected chi connectivity index (χ0v) is 16.2. The van der Waals surface area contributed by atoms with E-state index in [4.69, 9.17) is 4.74 Å².